The number of azo groups is 1. The number of fused-ring (bicyclic) bond motifs is 2. The molecule has 5 rings (SSSR count). The Balaban J connectivity index is 1.53. The molecule has 1 amide bonds. The SMILES string of the molecule is C=C1Nc2ccc(NC(=O)c3cc4ccccc4c(N=Nc4cc(C)c(C)cc4C)c3O)cc2N1. The Bertz CT molecular complexity index is 1560. The Morgan fingerprint density at radius 1 is 0.886 bits per heavy atom. The molecule has 1 aliphatic rings. The lowest BCUT2D eigenvalue weighted by atomic mass is 10.0. The molecular weight excluding hydrogens is 438 g/mol. The van der Waals surface area contributed by atoms with Gasteiger partial charge in [0.25, 0.3) is 5.91 Å². The molecule has 0 saturated carbocycles. The second kappa shape index (κ2) is 8.61. The number of aromatic hydroxyl groups is 1. The third-order valence-electron chi connectivity index (χ3n) is 6.16. The zero-order valence-electron chi connectivity index (χ0n) is 19.7. The van der Waals surface area contributed by atoms with Crippen molar-refractivity contribution in [3.8, 4) is 5.75 Å². The number of carbonyl (C=O) groups excluding carboxylic acids is 1. The van der Waals surface area contributed by atoms with Crippen molar-refractivity contribution < 1.29 is 9.90 Å². The minimum Gasteiger partial charge on any atom is -0.505 e. The Kier molecular flexibility index (Phi) is 5.45. The highest BCUT2D eigenvalue weighted by molar-refractivity contribution is 6.12. The molecule has 35 heavy (non-hydrogen) atoms. The number of carbonyl (C=O) groups is 1. The first-order valence-corrected chi connectivity index (χ1v) is 11.2. The van der Waals surface area contributed by atoms with Crippen LogP contribution in [0, 0.1) is 20.8 Å². The molecular formula is C28H25N5O2. The van der Waals surface area contributed by atoms with Gasteiger partial charge < -0.3 is 21.1 Å². The summed E-state index contributed by atoms with van der Waals surface area (Å²) in [7, 11) is 0. The number of nitrogens with zero attached hydrogens (tertiary/aromatic N) is 2. The highest BCUT2D eigenvalue weighted by Gasteiger charge is 2.20. The van der Waals surface area contributed by atoms with Crippen molar-refractivity contribution in [3.63, 3.8) is 0 Å². The number of anilines is 3. The summed E-state index contributed by atoms with van der Waals surface area (Å²) < 4.78 is 0. The van der Waals surface area contributed by atoms with E-state index in [-0.39, 0.29) is 17.0 Å². The van der Waals surface area contributed by atoms with Crippen LogP contribution in [0.15, 0.2) is 83.3 Å². The summed E-state index contributed by atoms with van der Waals surface area (Å²) in [5, 5.41) is 30.5. The Hall–Kier alpha value is -4.65. The average Bonchev–Trinajstić information content (AvgIpc) is 3.20. The van der Waals surface area contributed by atoms with E-state index in [4.69, 9.17) is 0 Å². The summed E-state index contributed by atoms with van der Waals surface area (Å²) in [6.07, 6.45) is 0. The average molecular weight is 464 g/mol. The van der Waals surface area contributed by atoms with Gasteiger partial charge in [0.2, 0.25) is 0 Å². The van der Waals surface area contributed by atoms with Crippen LogP contribution >= 0.6 is 0 Å². The van der Waals surface area contributed by atoms with Gasteiger partial charge in [0.15, 0.2) is 5.75 Å². The van der Waals surface area contributed by atoms with Gasteiger partial charge in [0.1, 0.15) is 11.5 Å². The molecule has 0 radical (unpaired) electrons. The molecule has 7 nitrogen and oxygen atoms in total. The van der Waals surface area contributed by atoms with E-state index < -0.39 is 5.91 Å². The normalized spacial score (nSPS) is 12.5. The lowest BCUT2D eigenvalue weighted by Crippen LogP contribution is -2.12. The second-order valence-electron chi connectivity index (χ2n) is 8.71. The van der Waals surface area contributed by atoms with Gasteiger partial charge in [-0.15, -0.1) is 5.11 Å². The van der Waals surface area contributed by atoms with Gasteiger partial charge >= 0.3 is 0 Å². The van der Waals surface area contributed by atoms with Gasteiger partial charge in [-0.2, -0.15) is 5.11 Å². The first-order chi connectivity index (χ1) is 16.8. The first kappa shape index (κ1) is 22.2. The van der Waals surface area contributed by atoms with Crippen molar-refractivity contribution >= 4 is 45.1 Å². The first-order valence-electron chi connectivity index (χ1n) is 11.2. The molecule has 0 atom stereocenters. The van der Waals surface area contributed by atoms with Crippen LogP contribution in [-0.2, 0) is 0 Å². The summed E-state index contributed by atoms with van der Waals surface area (Å²) in [6.45, 7) is 9.89. The Morgan fingerprint density at radius 2 is 1.63 bits per heavy atom. The summed E-state index contributed by atoms with van der Waals surface area (Å²) in [6, 6.07) is 18.6. The standard InChI is InChI=1S/C28H25N5O2/c1-15-11-17(3)24(12-16(15)2)32-33-26-21-8-6-5-7-19(21)13-22(27(26)34)28(35)31-20-9-10-23-25(14-20)30-18(4)29-23/h5-14,29-30,34H,4H2,1-3H3,(H,31,35). The Morgan fingerprint density at radius 3 is 2.46 bits per heavy atom. The molecule has 4 N–H and O–H groups in total. The van der Waals surface area contributed by atoms with E-state index in [2.05, 4.69) is 45.7 Å². The monoisotopic (exact) mass is 463 g/mol. The van der Waals surface area contributed by atoms with Crippen molar-refractivity contribution in [1.82, 2.24) is 0 Å². The molecule has 174 valence electrons. The maximum absolute atomic E-state index is 13.2. The number of rotatable bonds is 4. The summed E-state index contributed by atoms with van der Waals surface area (Å²) in [5.41, 5.74) is 6.63. The quantitative estimate of drug-likeness (QED) is 0.236. The molecule has 0 bridgehead atoms. The summed E-state index contributed by atoms with van der Waals surface area (Å²) >= 11 is 0. The van der Waals surface area contributed by atoms with E-state index in [0.717, 1.165) is 27.9 Å². The van der Waals surface area contributed by atoms with Gasteiger partial charge in [-0.1, -0.05) is 36.9 Å². The fourth-order valence-electron chi connectivity index (χ4n) is 4.14. The fourth-order valence-corrected chi connectivity index (χ4v) is 4.14. The summed E-state index contributed by atoms with van der Waals surface area (Å²) in [4.78, 5) is 13.2. The molecule has 4 aromatic carbocycles. The number of benzene rings is 4. The minimum atomic E-state index is -0.447. The molecule has 0 unspecified atom stereocenters. The van der Waals surface area contributed by atoms with Gasteiger partial charge in [0.05, 0.1) is 22.6 Å². The van der Waals surface area contributed by atoms with E-state index in [1.807, 2.05) is 50.2 Å². The van der Waals surface area contributed by atoms with Crippen molar-refractivity contribution in [2.45, 2.75) is 20.8 Å². The van der Waals surface area contributed by atoms with Gasteiger partial charge in [-0.25, -0.2) is 0 Å². The molecule has 0 fully saturated rings. The number of aryl methyl sites for hydroxylation is 3. The molecule has 1 aliphatic heterocycles. The highest BCUT2D eigenvalue weighted by Crippen LogP contribution is 2.40. The maximum atomic E-state index is 13.2. The van der Waals surface area contributed by atoms with Crippen LogP contribution in [0.25, 0.3) is 10.8 Å². The summed E-state index contributed by atoms with van der Waals surface area (Å²) in [5.74, 6) is 0.00206. The highest BCUT2D eigenvalue weighted by atomic mass is 16.3. The predicted molar refractivity (Wildman–Crippen MR) is 141 cm³/mol. The van der Waals surface area contributed by atoms with Crippen LogP contribution < -0.4 is 16.0 Å². The number of amides is 1. The van der Waals surface area contributed by atoms with Crippen molar-refractivity contribution in [3.05, 3.63) is 95.3 Å². The van der Waals surface area contributed by atoms with Gasteiger partial charge in [-0.05, 0) is 73.2 Å². The van der Waals surface area contributed by atoms with E-state index in [1.165, 1.54) is 5.56 Å². The molecule has 0 aliphatic carbocycles. The van der Waals surface area contributed by atoms with Gasteiger partial charge in [0, 0.05) is 11.1 Å². The number of phenolic OH excluding ortho intramolecular Hbond substituents is 1. The van der Waals surface area contributed by atoms with Crippen molar-refractivity contribution in [2.75, 3.05) is 16.0 Å². The molecule has 7 heteroatoms. The molecule has 4 aromatic rings. The second-order valence-corrected chi connectivity index (χ2v) is 8.71. The molecule has 1 heterocycles. The van der Waals surface area contributed by atoms with Crippen molar-refractivity contribution in [1.29, 1.82) is 0 Å². The molecule has 0 aromatic heterocycles. The van der Waals surface area contributed by atoms with E-state index in [9.17, 15) is 9.90 Å². The number of nitrogens with one attached hydrogen (secondary N) is 3. The largest absolute Gasteiger partial charge is 0.505 e. The number of hydrogen-bond donors (Lipinski definition) is 4. The zero-order chi connectivity index (χ0) is 24.7. The van der Waals surface area contributed by atoms with E-state index >= 15 is 0 Å². The van der Waals surface area contributed by atoms with Crippen LogP contribution in [-0.4, -0.2) is 11.0 Å². The Labute approximate surface area is 203 Å². The number of hydrogen-bond acceptors (Lipinski definition) is 6. The lowest BCUT2D eigenvalue weighted by molar-refractivity contribution is 0.102. The lowest BCUT2D eigenvalue weighted by Gasteiger charge is -2.12. The minimum absolute atomic E-state index is 0.116. The number of phenols is 1. The van der Waals surface area contributed by atoms with Crippen LogP contribution in [0.2, 0.25) is 0 Å². The third-order valence-corrected chi connectivity index (χ3v) is 6.16. The van der Waals surface area contributed by atoms with E-state index in [0.29, 0.717) is 22.6 Å². The fraction of sp³-hybridized carbons (Fsp3) is 0.107. The van der Waals surface area contributed by atoms with Crippen LogP contribution in [0.5, 0.6) is 5.75 Å². The smallest absolute Gasteiger partial charge is 0.259 e. The molecule has 0 spiro atoms. The topological polar surface area (TPSA) is 98.1 Å². The van der Waals surface area contributed by atoms with Crippen LogP contribution in [0.3, 0.4) is 0 Å². The molecule has 0 saturated heterocycles. The zero-order valence-corrected chi connectivity index (χ0v) is 19.7. The van der Waals surface area contributed by atoms with Crippen molar-refractivity contribution in [2.24, 2.45) is 10.2 Å². The van der Waals surface area contributed by atoms with E-state index in [1.54, 1.807) is 18.2 Å². The van der Waals surface area contributed by atoms with Crippen LogP contribution in [0.4, 0.5) is 28.4 Å². The predicted octanol–water partition coefficient (Wildman–Crippen LogP) is 7.45. The van der Waals surface area contributed by atoms with Gasteiger partial charge in [-0.3, -0.25) is 4.79 Å². The third kappa shape index (κ3) is 4.19. The van der Waals surface area contributed by atoms with Crippen LogP contribution in [0.1, 0.15) is 27.0 Å². The maximum Gasteiger partial charge on any atom is 0.259 e.